The van der Waals surface area contributed by atoms with Crippen LogP contribution in [0.3, 0.4) is 0 Å². The van der Waals surface area contributed by atoms with Crippen LogP contribution in [0.1, 0.15) is 23.7 Å². The SMILES string of the molecule is Cc1ccc2cc(C3CC(=O)N3S(=O)(=O)Cl)ccc2n1. The number of hydrogen-bond donors (Lipinski definition) is 0. The fourth-order valence-corrected chi connectivity index (χ4v) is 3.72. The molecule has 20 heavy (non-hydrogen) atoms. The summed E-state index contributed by atoms with van der Waals surface area (Å²) in [6.07, 6.45) is 0.150. The quantitative estimate of drug-likeness (QED) is 0.630. The Morgan fingerprint density at radius 2 is 2.05 bits per heavy atom. The predicted octanol–water partition coefficient (Wildman–Crippen LogP) is 2.30. The van der Waals surface area contributed by atoms with Crippen LogP contribution >= 0.6 is 10.7 Å². The van der Waals surface area contributed by atoms with Gasteiger partial charge in [-0.15, -0.1) is 0 Å². The van der Waals surface area contributed by atoms with E-state index in [1.807, 2.05) is 31.2 Å². The lowest BCUT2D eigenvalue weighted by molar-refractivity contribution is -0.137. The Hall–Kier alpha value is -1.66. The molecule has 1 aliphatic heterocycles. The van der Waals surface area contributed by atoms with Crippen LogP contribution in [-0.4, -0.2) is 23.6 Å². The topological polar surface area (TPSA) is 67.3 Å². The summed E-state index contributed by atoms with van der Waals surface area (Å²) in [6.45, 7) is 1.90. The number of pyridine rings is 1. The van der Waals surface area contributed by atoms with Gasteiger partial charge in [0.05, 0.1) is 18.0 Å². The van der Waals surface area contributed by atoms with E-state index in [0.717, 1.165) is 26.5 Å². The second-order valence-corrected chi connectivity index (χ2v) is 7.14. The van der Waals surface area contributed by atoms with Crippen molar-refractivity contribution in [1.82, 2.24) is 9.29 Å². The Morgan fingerprint density at radius 3 is 2.70 bits per heavy atom. The summed E-state index contributed by atoms with van der Waals surface area (Å²) in [6, 6.07) is 8.72. The third kappa shape index (κ3) is 2.14. The molecule has 1 fully saturated rings. The second-order valence-electron chi connectivity index (χ2n) is 4.76. The highest BCUT2D eigenvalue weighted by Crippen LogP contribution is 2.38. The molecule has 1 aromatic carbocycles. The molecule has 0 radical (unpaired) electrons. The summed E-state index contributed by atoms with van der Waals surface area (Å²) in [5.41, 5.74) is 2.49. The molecule has 1 saturated heterocycles. The van der Waals surface area contributed by atoms with Crippen LogP contribution in [0.4, 0.5) is 0 Å². The minimum absolute atomic E-state index is 0.150. The Kier molecular flexibility index (Phi) is 2.95. The van der Waals surface area contributed by atoms with E-state index >= 15 is 0 Å². The van der Waals surface area contributed by atoms with Gasteiger partial charge < -0.3 is 0 Å². The highest BCUT2D eigenvalue weighted by Gasteiger charge is 2.44. The van der Waals surface area contributed by atoms with E-state index in [1.165, 1.54) is 0 Å². The molecule has 5 nitrogen and oxygen atoms in total. The number of benzene rings is 1. The van der Waals surface area contributed by atoms with Gasteiger partial charge in [0.15, 0.2) is 0 Å². The van der Waals surface area contributed by atoms with Gasteiger partial charge in [0.25, 0.3) is 0 Å². The smallest absolute Gasteiger partial charge is 0.274 e. The number of carbonyl (C=O) groups is 1. The maximum absolute atomic E-state index is 11.4. The van der Waals surface area contributed by atoms with Gasteiger partial charge in [-0.1, -0.05) is 12.1 Å². The van der Waals surface area contributed by atoms with Crippen LogP contribution < -0.4 is 0 Å². The molecule has 0 N–H and O–H groups in total. The fraction of sp³-hybridized carbons (Fsp3) is 0.231. The highest BCUT2D eigenvalue weighted by molar-refractivity contribution is 8.12. The largest absolute Gasteiger partial charge is 0.324 e. The molecular formula is C13H11ClN2O3S. The lowest BCUT2D eigenvalue weighted by Gasteiger charge is -2.37. The zero-order valence-corrected chi connectivity index (χ0v) is 12.1. The van der Waals surface area contributed by atoms with Crippen LogP contribution in [0.2, 0.25) is 0 Å². The average molecular weight is 311 g/mol. The van der Waals surface area contributed by atoms with Gasteiger partial charge in [-0.05, 0) is 30.7 Å². The number of carbonyl (C=O) groups excluding carboxylic acids is 1. The first-order valence-corrected chi connectivity index (χ1v) is 8.27. The summed E-state index contributed by atoms with van der Waals surface area (Å²) >= 11 is 0. The number of fused-ring (bicyclic) bond motifs is 1. The zero-order chi connectivity index (χ0) is 14.5. The van der Waals surface area contributed by atoms with Crippen LogP contribution in [0.15, 0.2) is 30.3 Å². The van der Waals surface area contributed by atoms with Gasteiger partial charge in [0.2, 0.25) is 5.91 Å². The number of aryl methyl sites for hydroxylation is 1. The third-order valence-electron chi connectivity index (χ3n) is 3.37. The van der Waals surface area contributed by atoms with E-state index in [0.29, 0.717) is 0 Å². The number of nitrogens with zero attached hydrogens (tertiary/aromatic N) is 2. The van der Waals surface area contributed by atoms with Crippen molar-refractivity contribution in [1.29, 1.82) is 0 Å². The zero-order valence-electron chi connectivity index (χ0n) is 10.6. The van der Waals surface area contributed by atoms with Gasteiger partial charge in [-0.2, -0.15) is 8.42 Å². The number of hydrogen-bond acceptors (Lipinski definition) is 4. The van der Waals surface area contributed by atoms with Gasteiger partial charge >= 0.3 is 9.24 Å². The Balaban J connectivity index is 2.03. The van der Waals surface area contributed by atoms with Crippen molar-refractivity contribution in [2.45, 2.75) is 19.4 Å². The van der Waals surface area contributed by atoms with Gasteiger partial charge in [0, 0.05) is 21.8 Å². The Bertz CT molecular complexity index is 819. The Morgan fingerprint density at radius 1 is 1.30 bits per heavy atom. The van der Waals surface area contributed by atoms with Crippen molar-refractivity contribution < 1.29 is 13.2 Å². The molecule has 0 aliphatic carbocycles. The molecule has 104 valence electrons. The average Bonchev–Trinajstić information content (AvgIpc) is 2.33. The van der Waals surface area contributed by atoms with Crippen LogP contribution in [0.25, 0.3) is 10.9 Å². The second kappa shape index (κ2) is 4.43. The van der Waals surface area contributed by atoms with Gasteiger partial charge in [-0.3, -0.25) is 9.78 Å². The van der Waals surface area contributed by atoms with Crippen molar-refractivity contribution in [3.05, 3.63) is 41.6 Å². The summed E-state index contributed by atoms with van der Waals surface area (Å²) in [5.74, 6) is -0.480. The molecule has 1 unspecified atom stereocenters. The number of halogens is 1. The third-order valence-corrected chi connectivity index (χ3v) is 4.74. The molecule has 1 aliphatic rings. The predicted molar refractivity (Wildman–Crippen MR) is 75.5 cm³/mol. The lowest BCUT2D eigenvalue weighted by Crippen LogP contribution is -2.47. The van der Waals surface area contributed by atoms with Crippen molar-refractivity contribution in [3.63, 3.8) is 0 Å². The summed E-state index contributed by atoms with van der Waals surface area (Å²) in [4.78, 5) is 15.8. The number of rotatable bonds is 2. The van der Waals surface area contributed by atoms with E-state index in [2.05, 4.69) is 4.98 Å². The molecule has 0 saturated carbocycles. The fourth-order valence-electron chi connectivity index (χ4n) is 2.38. The standard InChI is InChI=1S/C13H11ClN2O3S/c1-8-2-3-9-6-10(4-5-11(9)15-8)12-7-13(17)16(12)20(14,18)19/h2-6,12H,7H2,1H3. The summed E-state index contributed by atoms with van der Waals surface area (Å²) in [7, 11) is 1.25. The molecule has 0 bridgehead atoms. The normalized spacial score (nSPS) is 19.2. The minimum atomic E-state index is -4.03. The van der Waals surface area contributed by atoms with E-state index < -0.39 is 21.2 Å². The molecule has 1 aromatic heterocycles. The first kappa shape index (κ1) is 13.3. The molecule has 2 aromatic rings. The first-order valence-electron chi connectivity index (χ1n) is 6.00. The van der Waals surface area contributed by atoms with E-state index in [4.69, 9.17) is 10.7 Å². The molecule has 3 rings (SSSR count). The van der Waals surface area contributed by atoms with E-state index in [1.54, 1.807) is 6.07 Å². The molecule has 2 heterocycles. The number of amides is 1. The summed E-state index contributed by atoms with van der Waals surface area (Å²) in [5, 5.41) is 0.902. The number of aromatic nitrogens is 1. The molecule has 7 heteroatoms. The molecular weight excluding hydrogens is 300 g/mol. The van der Waals surface area contributed by atoms with Crippen molar-refractivity contribution in [3.8, 4) is 0 Å². The van der Waals surface area contributed by atoms with Crippen molar-refractivity contribution in [2.24, 2.45) is 0 Å². The molecule has 1 atom stereocenters. The maximum atomic E-state index is 11.4. The monoisotopic (exact) mass is 310 g/mol. The van der Waals surface area contributed by atoms with Gasteiger partial charge in [-0.25, -0.2) is 4.31 Å². The molecule has 1 amide bonds. The minimum Gasteiger partial charge on any atom is -0.274 e. The Labute approximate surface area is 120 Å². The lowest BCUT2D eigenvalue weighted by atomic mass is 9.96. The molecule has 0 spiro atoms. The first-order chi connectivity index (χ1) is 9.36. The van der Waals surface area contributed by atoms with E-state index in [9.17, 15) is 13.2 Å². The number of β-lactam (4-membered cyclic amide) rings is 1. The van der Waals surface area contributed by atoms with Gasteiger partial charge in [0.1, 0.15) is 0 Å². The summed E-state index contributed by atoms with van der Waals surface area (Å²) < 4.78 is 23.5. The van der Waals surface area contributed by atoms with E-state index in [-0.39, 0.29) is 6.42 Å². The maximum Gasteiger partial charge on any atom is 0.324 e. The van der Waals surface area contributed by atoms with Crippen molar-refractivity contribution >= 4 is 36.7 Å². The highest BCUT2D eigenvalue weighted by atomic mass is 35.7. The van der Waals surface area contributed by atoms with Crippen LogP contribution in [0.5, 0.6) is 0 Å². The van der Waals surface area contributed by atoms with Crippen molar-refractivity contribution in [2.75, 3.05) is 0 Å². The van der Waals surface area contributed by atoms with Crippen LogP contribution in [0, 0.1) is 6.92 Å². The van der Waals surface area contributed by atoms with Crippen LogP contribution in [-0.2, 0) is 14.0 Å².